The van der Waals surface area contributed by atoms with E-state index in [4.69, 9.17) is 5.73 Å². The molecule has 0 amide bonds. The third kappa shape index (κ3) is 4.59. The molecule has 0 bridgehead atoms. The van der Waals surface area contributed by atoms with Crippen molar-refractivity contribution in [1.29, 1.82) is 0 Å². The van der Waals surface area contributed by atoms with Gasteiger partial charge in [-0.1, -0.05) is 27.7 Å². The largest absolute Gasteiger partial charge is 0.329 e. The van der Waals surface area contributed by atoms with E-state index in [1.54, 1.807) is 0 Å². The molecule has 1 aliphatic rings. The molecule has 0 heterocycles. The third-order valence-corrected chi connectivity index (χ3v) is 3.92. The van der Waals surface area contributed by atoms with E-state index in [-0.39, 0.29) is 5.54 Å². The Bertz CT molecular complexity index is 221. The van der Waals surface area contributed by atoms with E-state index in [2.05, 4.69) is 39.5 Å². The molecule has 0 radical (unpaired) electrons. The van der Waals surface area contributed by atoms with Gasteiger partial charge in [-0.15, -0.1) is 0 Å². The molecule has 0 aromatic rings. The van der Waals surface area contributed by atoms with Crippen molar-refractivity contribution in [3.05, 3.63) is 0 Å². The molecule has 0 aromatic heterocycles. The molecule has 0 spiro atoms. The quantitative estimate of drug-likeness (QED) is 0.705. The molecule has 1 atom stereocenters. The van der Waals surface area contributed by atoms with Crippen LogP contribution in [0.2, 0.25) is 0 Å². The monoisotopic (exact) mass is 240 g/mol. The Labute approximate surface area is 108 Å². The summed E-state index contributed by atoms with van der Waals surface area (Å²) in [6, 6.07) is 0.820. The highest BCUT2D eigenvalue weighted by Crippen LogP contribution is 2.36. The number of nitrogens with two attached hydrogens (primary N) is 1. The average molecular weight is 240 g/mol. The zero-order valence-electron chi connectivity index (χ0n) is 12.5. The Morgan fingerprint density at radius 1 is 1.18 bits per heavy atom. The number of hydrogen-bond donors (Lipinski definition) is 1. The summed E-state index contributed by atoms with van der Waals surface area (Å²) in [5.74, 6) is 1.51. The molecule has 0 aromatic carbocycles. The standard InChI is InChI=1S/C15H32N2/c1-12(2)8-9-17(14-6-7-14)15(5,11-16)10-13(3)4/h12-14H,6-11,16H2,1-5H3. The maximum absolute atomic E-state index is 6.09. The highest BCUT2D eigenvalue weighted by atomic mass is 15.2. The molecule has 2 nitrogen and oxygen atoms in total. The molecule has 2 heteroatoms. The summed E-state index contributed by atoms with van der Waals surface area (Å²) in [4.78, 5) is 2.72. The predicted octanol–water partition coefficient (Wildman–Crippen LogP) is 3.26. The molecule has 1 rings (SSSR count). The van der Waals surface area contributed by atoms with Gasteiger partial charge in [0, 0.05) is 18.1 Å². The maximum atomic E-state index is 6.09. The topological polar surface area (TPSA) is 29.3 Å². The minimum atomic E-state index is 0.213. The van der Waals surface area contributed by atoms with Crippen molar-refractivity contribution in [2.24, 2.45) is 17.6 Å². The number of nitrogens with zero attached hydrogens (tertiary/aromatic N) is 1. The van der Waals surface area contributed by atoms with Crippen molar-refractivity contribution in [3.8, 4) is 0 Å². The Morgan fingerprint density at radius 3 is 2.12 bits per heavy atom. The van der Waals surface area contributed by atoms with Gasteiger partial charge in [0.25, 0.3) is 0 Å². The number of hydrogen-bond acceptors (Lipinski definition) is 2. The van der Waals surface area contributed by atoms with E-state index in [0.717, 1.165) is 24.4 Å². The molecule has 1 saturated carbocycles. The first-order valence-electron chi connectivity index (χ1n) is 7.36. The van der Waals surface area contributed by atoms with Crippen LogP contribution in [0.3, 0.4) is 0 Å². The lowest BCUT2D eigenvalue weighted by molar-refractivity contribution is 0.0751. The van der Waals surface area contributed by atoms with Gasteiger partial charge in [0.1, 0.15) is 0 Å². The smallest absolute Gasteiger partial charge is 0.0308 e. The van der Waals surface area contributed by atoms with Gasteiger partial charge in [0.05, 0.1) is 0 Å². The maximum Gasteiger partial charge on any atom is 0.0308 e. The van der Waals surface area contributed by atoms with Crippen LogP contribution >= 0.6 is 0 Å². The summed E-state index contributed by atoms with van der Waals surface area (Å²) in [7, 11) is 0. The molecular formula is C15H32N2. The minimum Gasteiger partial charge on any atom is -0.329 e. The molecule has 1 fully saturated rings. The lowest BCUT2D eigenvalue weighted by Gasteiger charge is -2.42. The minimum absolute atomic E-state index is 0.213. The van der Waals surface area contributed by atoms with Crippen LogP contribution in [0.15, 0.2) is 0 Å². The second kappa shape index (κ2) is 6.19. The van der Waals surface area contributed by atoms with Crippen LogP contribution in [0.4, 0.5) is 0 Å². The van der Waals surface area contributed by atoms with Gasteiger partial charge in [-0.3, -0.25) is 4.90 Å². The predicted molar refractivity (Wildman–Crippen MR) is 76.1 cm³/mol. The summed E-state index contributed by atoms with van der Waals surface area (Å²) in [5.41, 5.74) is 6.30. The fourth-order valence-electron chi connectivity index (χ4n) is 2.87. The third-order valence-electron chi connectivity index (χ3n) is 3.92. The SMILES string of the molecule is CC(C)CCN(C1CC1)C(C)(CN)CC(C)C. The van der Waals surface area contributed by atoms with Gasteiger partial charge < -0.3 is 5.73 Å². The van der Waals surface area contributed by atoms with Crippen molar-refractivity contribution in [3.63, 3.8) is 0 Å². The molecule has 2 N–H and O–H groups in total. The second-order valence-corrected chi connectivity index (χ2v) is 6.91. The van der Waals surface area contributed by atoms with Gasteiger partial charge in [-0.25, -0.2) is 0 Å². The second-order valence-electron chi connectivity index (χ2n) is 6.91. The molecular weight excluding hydrogens is 208 g/mol. The Hall–Kier alpha value is -0.0800. The van der Waals surface area contributed by atoms with Crippen molar-refractivity contribution in [2.45, 2.75) is 71.9 Å². The molecule has 1 unspecified atom stereocenters. The molecule has 0 aliphatic heterocycles. The fourth-order valence-corrected chi connectivity index (χ4v) is 2.87. The lowest BCUT2D eigenvalue weighted by Crippen LogP contribution is -2.54. The highest BCUT2D eigenvalue weighted by molar-refractivity contribution is 4.97. The molecule has 0 saturated heterocycles. The van der Waals surface area contributed by atoms with Gasteiger partial charge in [0.15, 0.2) is 0 Å². The molecule has 1 aliphatic carbocycles. The Kier molecular flexibility index (Phi) is 5.46. The van der Waals surface area contributed by atoms with Crippen molar-refractivity contribution >= 4 is 0 Å². The zero-order chi connectivity index (χ0) is 13.1. The fraction of sp³-hybridized carbons (Fsp3) is 1.00. The first-order chi connectivity index (χ1) is 7.89. The van der Waals surface area contributed by atoms with Crippen LogP contribution in [0, 0.1) is 11.8 Å². The first-order valence-corrected chi connectivity index (χ1v) is 7.36. The Morgan fingerprint density at radius 2 is 1.76 bits per heavy atom. The summed E-state index contributed by atoms with van der Waals surface area (Å²) in [6.45, 7) is 13.6. The summed E-state index contributed by atoms with van der Waals surface area (Å²) in [6.07, 6.45) is 5.28. The van der Waals surface area contributed by atoms with E-state index in [0.29, 0.717) is 0 Å². The normalized spacial score (nSPS) is 20.3. The van der Waals surface area contributed by atoms with E-state index in [1.807, 2.05) is 0 Å². The van der Waals surface area contributed by atoms with Crippen LogP contribution in [-0.2, 0) is 0 Å². The first kappa shape index (κ1) is 15.0. The molecule has 102 valence electrons. The Balaban J connectivity index is 2.64. The van der Waals surface area contributed by atoms with Gasteiger partial charge in [-0.05, 0) is 51.0 Å². The lowest BCUT2D eigenvalue weighted by atomic mass is 9.88. The van der Waals surface area contributed by atoms with Crippen LogP contribution in [0.5, 0.6) is 0 Å². The summed E-state index contributed by atoms with van der Waals surface area (Å²) >= 11 is 0. The summed E-state index contributed by atoms with van der Waals surface area (Å²) in [5, 5.41) is 0. The van der Waals surface area contributed by atoms with E-state index in [1.165, 1.54) is 32.2 Å². The summed E-state index contributed by atoms with van der Waals surface area (Å²) < 4.78 is 0. The van der Waals surface area contributed by atoms with Gasteiger partial charge >= 0.3 is 0 Å². The van der Waals surface area contributed by atoms with Crippen molar-refractivity contribution in [1.82, 2.24) is 4.90 Å². The highest BCUT2D eigenvalue weighted by Gasteiger charge is 2.40. The van der Waals surface area contributed by atoms with E-state index < -0.39 is 0 Å². The van der Waals surface area contributed by atoms with Gasteiger partial charge in [0.2, 0.25) is 0 Å². The van der Waals surface area contributed by atoms with Crippen LogP contribution < -0.4 is 5.73 Å². The number of rotatable bonds is 8. The van der Waals surface area contributed by atoms with Crippen LogP contribution in [0.25, 0.3) is 0 Å². The van der Waals surface area contributed by atoms with E-state index >= 15 is 0 Å². The zero-order valence-corrected chi connectivity index (χ0v) is 12.5. The van der Waals surface area contributed by atoms with Crippen molar-refractivity contribution < 1.29 is 0 Å². The van der Waals surface area contributed by atoms with Crippen molar-refractivity contribution in [2.75, 3.05) is 13.1 Å². The van der Waals surface area contributed by atoms with E-state index in [9.17, 15) is 0 Å². The molecule has 17 heavy (non-hydrogen) atoms. The van der Waals surface area contributed by atoms with Crippen LogP contribution in [0.1, 0.15) is 60.3 Å². The van der Waals surface area contributed by atoms with Crippen LogP contribution in [-0.4, -0.2) is 29.6 Å². The average Bonchev–Trinajstić information content (AvgIpc) is 3.00. The van der Waals surface area contributed by atoms with Gasteiger partial charge in [-0.2, -0.15) is 0 Å².